The Bertz CT molecular complexity index is 708. The largest absolute Gasteiger partial charge is 0.464 e. The first-order chi connectivity index (χ1) is 12.1. The van der Waals surface area contributed by atoms with Gasteiger partial charge in [0, 0.05) is 19.6 Å². The van der Waals surface area contributed by atoms with Crippen molar-refractivity contribution in [1.82, 2.24) is 19.9 Å². The minimum Gasteiger partial charge on any atom is -0.464 e. The Morgan fingerprint density at radius 2 is 2.00 bits per heavy atom. The van der Waals surface area contributed by atoms with Gasteiger partial charge in [-0.1, -0.05) is 24.3 Å². The SMILES string of the molecule is COC(=O)c1cn(C2CCN(C[C@H](C)c3ccc(F)cc3)CC2)nn1. The molecule has 1 aromatic heterocycles. The van der Waals surface area contributed by atoms with Crippen LogP contribution in [-0.4, -0.2) is 52.6 Å². The Morgan fingerprint density at radius 1 is 1.32 bits per heavy atom. The first-order valence-corrected chi connectivity index (χ1v) is 8.54. The van der Waals surface area contributed by atoms with Gasteiger partial charge in [-0.3, -0.25) is 0 Å². The highest BCUT2D eigenvalue weighted by atomic mass is 19.1. The number of hydrogen-bond acceptors (Lipinski definition) is 5. The van der Waals surface area contributed by atoms with E-state index in [1.54, 1.807) is 10.9 Å². The highest BCUT2D eigenvalue weighted by Gasteiger charge is 2.24. The van der Waals surface area contributed by atoms with Crippen LogP contribution in [0.2, 0.25) is 0 Å². The minimum atomic E-state index is -0.461. The minimum absolute atomic E-state index is 0.198. The molecule has 3 rings (SSSR count). The summed E-state index contributed by atoms with van der Waals surface area (Å²) in [4.78, 5) is 13.9. The molecule has 0 amide bonds. The van der Waals surface area contributed by atoms with E-state index in [2.05, 4.69) is 26.9 Å². The van der Waals surface area contributed by atoms with Gasteiger partial charge in [0.2, 0.25) is 0 Å². The van der Waals surface area contributed by atoms with E-state index in [0.717, 1.165) is 38.0 Å². The molecule has 25 heavy (non-hydrogen) atoms. The molecule has 1 atom stereocenters. The zero-order chi connectivity index (χ0) is 17.8. The molecule has 6 nitrogen and oxygen atoms in total. The first kappa shape index (κ1) is 17.5. The summed E-state index contributed by atoms with van der Waals surface area (Å²) < 4.78 is 19.5. The highest BCUT2D eigenvalue weighted by molar-refractivity contribution is 5.86. The molecule has 1 aliphatic rings. The summed E-state index contributed by atoms with van der Waals surface area (Å²) in [5.41, 5.74) is 1.40. The lowest BCUT2D eigenvalue weighted by Gasteiger charge is -2.33. The van der Waals surface area contributed by atoms with Crippen LogP contribution in [0.3, 0.4) is 0 Å². The van der Waals surface area contributed by atoms with Crippen molar-refractivity contribution >= 4 is 5.97 Å². The molecule has 2 aromatic rings. The van der Waals surface area contributed by atoms with Crippen LogP contribution in [0.25, 0.3) is 0 Å². The monoisotopic (exact) mass is 346 g/mol. The van der Waals surface area contributed by atoms with E-state index in [1.807, 2.05) is 12.1 Å². The van der Waals surface area contributed by atoms with Gasteiger partial charge < -0.3 is 9.64 Å². The second-order valence-corrected chi connectivity index (χ2v) is 6.56. The van der Waals surface area contributed by atoms with Crippen LogP contribution in [0.5, 0.6) is 0 Å². The van der Waals surface area contributed by atoms with Crippen molar-refractivity contribution in [2.24, 2.45) is 0 Å². The molecule has 1 saturated heterocycles. The lowest BCUT2D eigenvalue weighted by atomic mass is 9.98. The van der Waals surface area contributed by atoms with Gasteiger partial charge in [0.15, 0.2) is 5.69 Å². The molecule has 0 N–H and O–H groups in total. The maximum Gasteiger partial charge on any atom is 0.360 e. The molecule has 134 valence electrons. The van der Waals surface area contributed by atoms with Gasteiger partial charge in [-0.2, -0.15) is 0 Å². The van der Waals surface area contributed by atoms with Gasteiger partial charge in [0.25, 0.3) is 0 Å². The fraction of sp³-hybridized carbons (Fsp3) is 0.500. The Kier molecular flexibility index (Phi) is 5.43. The molecule has 0 aliphatic carbocycles. The van der Waals surface area contributed by atoms with Gasteiger partial charge in [-0.05, 0) is 36.5 Å². The summed E-state index contributed by atoms with van der Waals surface area (Å²) in [6.45, 7) is 5.04. The number of aromatic nitrogens is 3. The number of hydrogen-bond donors (Lipinski definition) is 0. The summed E-state index contributed by atoms with van der Waals surface area (Å²) in [5.74, 6) is -0.304. The van der Waals surface area contributed by atoms with Crippen LogP contribution in [0.15, 0.2) is 30.5 Å². The van der Waals surface area contributed by atoms with E-state index in [4.69, 9.17) is 0 Å². The van der Waals surface area contributed by atoms with Crippen LogP contribution < -0.4 is 0 Å². The Hall–Kier alpha value is -2.28. The van der Waals surface area contributed by atoms with E-state index in [1.165, 1.54) is 19.2 Å². The average Bonchev–Trinajstić information content (AvgIpc) is 3.12. The summed E-state index contributed by atoms with van der Waals surface area (Å²) in [7, 11) is 1.34. The zero-order valence-electron chi connectivity index (χ0n) is 14.6. The van der Waals surface area contributed by atoms with Crippen molar-refractivity contribution < 1.29 is 13.9 Å². The predicted molar refractivity (Wildman–Crippen MR) is 90.9 cm³/mol. The van der Waals surface area contributed by atoms with Gasteiger partial charge in [0.05, 0.1) is 19.3 Å². The number of nitrogens with zero attached hydrogens (tertiary/aromatic N) is 4. The normalized spacial score (nSPS) is 17.4. The number of rotatable bonds is 5. The van der Waals surface area contributed by atoms with E-state index in [9.17, 15) is 9.18 Å². The molecule has 0 spiro atoms. The molecule has 1 fully saturated rings. The first-order valence-electron chi connectivity index (χ1n) is 8.54. The maximum atomic E-state index is 13.0. The average molecular weight is 346 g/mol. The fourth-order valence-corrected chi connectivity index (χ4v) is 3.30. The Morgan fingerprint density at radius 3 is 2.64 bits per heavy atom. The smallest absolute Gasteiger partial charge is 0.360 e. The van der Waals surface area contributed by atoms with Gasteiger partial charge in [0.1, 0.15) is 5.82 Å². The van der Waals surface area contributed by atoms with Gasteiger partial charge >= 0.3 is 5.97 Å². The zero-order valence-corrected chi connectivity index (χ0v) is 14.6. The van der Waals surface area contributed by atoms with Crippen molar-refractivity contribution in [3.05, 3.63) is 47.5 Å². The number of ether oxygens (including phenoxy) is 1. The van der Waals surface area contributed by atoms with Crippen LogP contribution in [0, 0.1) is 5.82 Å². The third-order valence-electron chi connectivity index (χ3n) is 4.81. The molecular weight excluding hydrogens is 323 g/mol. The number of esters is 1. The Labute approximate surface area is 146 Å². The van der Waals surface area contributed by atoms with Crippen molar-refractivity contribution in [3.63, 3.8) is 0 Å². The third-order valence-corrected chi connectivity index (χ3v) is 4.81. The summed E-state index contributed by atoms with van der Waals surface area (Å²) in [5, 5.41) is 7.93. The van der Waals surface area contributed by atoms with Crippen molar-refractivity contribution in [1.29, 1.82) is 0 Å². The number of piperidine rings is 1. The highest BCUT2D eigenvalue weighted by Crippen LogP contribution is 2.24. The lowest BCUT2D eigenvalue weighted by molar-refractivity contribution is 0.0594. The molecule has 0 radical (unpaired) electrons. The fourth-order valence-electron chi connectivity index (χ4n) is 3.30. The van der Waals surface area contributed by atoms with Gasteiger partial charge in [-0.15, -0.1) is 5.10 Å². The molecule has 0 unspecified atom stereocenters. The lowest BCUT2D eigenvalue weighted by Crippen LogP contribution is -2.37. The number of likely N-dealkylation sites (tertiary alicyclic amines) is 1. The van der Waals surface area contributed by atoms with Crippen LogP contribution in [0.1, 0.15) is 47.8 Å². The van der Waals surface area contributed by atoms with Crippen molar-refractivity contribution in [2.45, 2.75) is 31.7 Å². The molecule has 1 aromatic carbocycles. The molecule has 0 saturated carbocycles. The Balaban J connectivity index is 1.52. The van der Waals surface area contributed by atoms with E-state index >= 15 is 0 Å². The third kappa shape index (κ3) is 4.22. The topological polar surface area (TPSA) is 60.2 Å². The second-order valence-electron chi connectivity index (χ2n) is 6.56. The predicted octanol–water partition coefficient (Wildman–Crippen LogP) is 2.64. The van der Waals surface area contributed by atoms with E-state index < -0.39 is 5.97 Å². The van der Waals surface area contributed by atoms with Crippen molar-refractivity contribution in [2.75, 3.05) is 26.7 Å². The maximum absolute atomic E-state index is 13.0. The molecule has 1 aliphatic heterocycles. The molecular formula is C18H23FN4O2. The van der Waals surface area contributed by atoms with Crippen LogP contribution in [-0.2, 0) is 4.74 Å². The van der Waals surface area contributed by atoms with Gasteiger partial charge in [-0.25, -0.2) is 13.9 Å². The van der Waals surface area contributed by atoms with Crippen LogP contribution >= 0.6 is 0 Å². The van der Waals surface area contributed by atoms with Crippen molar-refractivity contribution in [3.8, 4) is 0 Å². The number of carbonyl (C=O) groups excluding carboxylic acids is 1. The molecule has 2 heterocycles. The van der Waals surface area contributed by atoms with Crippen LogP contribution in [0.4, 0.5) is 4.39 Å². The van der Waals surface area contributed by atoms with E-state index in [-0.39, 0.29) is 17.6 Å². The summed E-state index contributed by atoms with van der Waals surface area (Å²) in [6.07, 6.45) is 3.58. The number of benzene rings is 1. The number of methoxy groups -OCH3 is 1. The standard InChI is InChI=1S/C18H23FN4O2/c1-13(14-3-5-15(19)6-4-14)11-22-9-7-16(8-10-22)23-12-17(20-21-23)18(24)25-2/h3-6,12-13,16H,7-11H2,1-2H3/t13-/m0/s1. The molecule has 7 heteroatoms. The summed E-state index contributed by atoms with van der Waals surface area (Å²) in [6, 6.07) is 7.00. The second kappa shape index (κ2) is 7.74. The molecule has 0 bridgehead atoms. The number of carbonyl (C=O) groups is 1. The van der Waals surface area contributed by atoms with E-state index in [0.29, 0.717) is 5.92 Å². The summed E-state index contributed by atoms with van der Waals surface area (Å²) >= 11 is 0. The number of halogens is 1. The quantitative estimate of drug-likeness (QED) is 0.779.